The summed E-state index contributed by atoms with van der Waals surface area (Å²) in [4.78, 5) is 35.7. The predicted molar refractivity (Wildman–Crippen MR) is 112 cm³/mol. The summed E-state index contributed by atoms with van der Waals surface area (Å²) in [6, 6.07) is 10.3. The Bertz CT molecular complexity index is 996. The summed E-state index contributed by atoms with van der Waals surface area (Å²) >= 11 is 0. The molecule has 1 aliphatic carbocycles. The molecule has 0 spiro atoms. The van der Waals surface area contributed by atoms with Gasteiger partial charge in [0.25, 0.3) is 11.6 Å². The number of non-ortho nitro benzene ring substituents is 1. The van der Waals surface area contributed by atoms with Crippen LogP contribution in [0, 0.1) is 10.1 Å². The van der Waals surface area contributed by atoms with Gasteiger partial charge >= 0.3 is 6.03 Å². The fourth-order valence-electron chi connectivity index (χ4n) is 3.59. The van der Waals surface area contributed by atoms with Gasteiger partial charge in [0.2, 0.25) is 0 Å². The lowest BCUT2D eigenvalue weighted by Crippen LogP contribution is -2.43. The highest BCUT2D eigenvalue weighted by atomic mass is 16.6. The third-order valence-corrected chi connectivity index (χ3v) is 5.13. The first kappa shape index (κ1) is 21.0. The van der Waals surface area contributed by atoms with Crippen molar-refractivity contribution < 1.29 is 19.2 Å². The van der Waals surface area contributed by atoms with Gasteiger partial charge in [-0.15, -0.1) is 0 Å². The highest BCUT2D eigenvalue weighted by Crippen LogP contribution is 2.33. The Morgan fingerprint density at radius 3 is 2.47 bits per heavy atom. The second-order valence-corrected chi connectivity index (χ2v) is 7.07. The van der Waals surface area contributed by atoms with Crippen molar-refractivity contribution in [2.24, 2.45) is 0 Å². The van der Waals surface area contributed by atoms with Gasteiger partial charge in [-0.3, -0.25) is 20.2 Å². The molecule has 0 radical (unpaired) electrons. The Morgan fingerprint density at radius 2 is 1.80 bits per heavy atom. The van der Waals surface area contributed by atoms with Crippen molar-refractivity contribution in [3.63, 3.8) is 0 Å². The fraction of sp³-hybridized carbons (Fsp3) is 0.273. The first-order valence-electron chi connectivity index (χ1n) is 9.63. The number of nitro groups is 1. The molecule has 2 aromatic rings. The molecule has 8 heteroatoms. The minimum Gasteiger partial charge on any atom is -0.496 e. The Hall–Kier alpha value is -3.68. The number of ether oxygens (including phenoxy) is 1. The van der Waals surface area contributed by atoms with Crippen molar-refractivity contribution >= 4 is 23.2 Å². The van der Waals surface area contributed by atoms with Crippen molar-refractivity contribution in [1.82, 2.24) is 10.6 Å². The largest absolute Gasteiger partial charge is 0.496 e. The van der Waals surface area contributed by atoms with E-state index in [1.54, 1.807) is 24.3 Å². The SMILES string of the molecule is C=C(c1ccccc1OC)c1cc([N+](=O)[O-])ccc1C(=O)NC(=O)NC1CCCC1. The number of methoxy groups -OCH3 is 1. The molecule has 0 aromatic heterocycles. The summed E-state index contributed by atoms with van der Waals surface area (Å²) in [5, 5.41) is 16.4. The number of carbonyl (C=O) groups is 2. The predicted octanol–water partition coefficient (Wildman–Crippen LogP) is 4.05. The van der Waals surface area contributed by atoms with Crippen molar-refractivity contribution in [3.8, 4) is 5.75 Å². The molecule has 0 heterocycles. The molecule has 156 valence electrons. The van der Waals surface area contributed by atoms with E-state index in [0.29, 0.717) is 16.9 Å². The minimum absolute atomic E-state index is 0.0534. The summed E-state index contributed by atoms with van der Waals surface area (Å²) in [6.45, 7) is 4.03. The average molecular weight is 409 g/mol. The highest BCUT2D eigenvalue weighted by molar-refractivity contribution is 6.08. The second-order valence-electron chi connectivity index (χ2n) is 7.07. The van der Waals surface area contributed by atoms with Gasteiger partial charge in [0.15, 0.2) is 0 Å². The molecule has 1 fully saturated rings. The fourth-order valence-corrected chi connectivity index (χ4v) is 3.59. The van der Waals surface area contributed by atoms with Gasteiger partial charge in [-0.2, -0.15) is 0 Å². The zero-order chi connectivity index (χ0) is 21.7. The molecular formula is C22H23N3O5. The molecule has 0 saturated heterocycles. The van der Waals surface area contributed by atoms with E-state index in [1.165, 1.54) is 25.3 Å². The molecule has 0 atom stereocenters. The highest BCUT2D eigenvalue weighted by Gasteiger charge is 2.23. The van der Waals surface area contributed by atoms with Crippen LogP contribution in [-0.4, -0.2) is 30.0 Å². The number of benzene rings is 2. The van der Waals surface area contributed by atoms with Gasteiger partial charge in [-0.05, 0) is 30.5 Å². The van der Waals surface area contributed by atoms with Crippen LogP contribution in [0.3, 0.4) is 0 Å². The maximum absolute atomic E-state index is 12.8. The maximum Gasteiger partial charge on any atom is 0.321 e. The smallest absolute Gasteiger partial charge is 0.321 e. The maximum atomic E-state index is 12.8. The second kappa shape index (κ2) is 9.21. The lowest BCUT2D eigenvalue weighted by Gasteiger charge is -2.16. The monoisotopic (exact) mass is 409 g/mol. The third kappa shape index (κ3) is 4.65. The Balaban J connectivity index is 1.92. The van der Waals surface area contributed by atoms with Crippen LogP contribution >= 0.6 is 0 Å². The topological polar surface area (TPSA) is 111 Å². The van der Waals surface area contributed by atoms with E-state index in [1.807, 2.05) is 0 Å². The number of nitro benzene ring substituents is 1. The number of hydrogen-bond acceptors (Lipinski definition) is 5. The molecular weight excluding hydrogens is 386 g/mol. The average Bonchev–Trinajstić information content (AvgIpc) is 3.25. The van der Waals surface area contributed by atoms with Crippen LogP contribution < -0.4 is 15.4 Å². The number of amides is 3. The number of rotatable bonds is 6. The van der Waals surface area contributed by atoms with E-state index < -0.39 is 16.9 Å². The Labute approximate surface area is 174 Å². The molecule has 2 aromatic carbocycles. The molecule has 1 saturated carbocycles. The van der Waals surface area contributed by atoms with Crippen LogP contribution in [0.15, 0.2) is 49.0 Å². The summed E-state index contributed by atoms with van der Waals surface area (Å²) in [7, 11) is 1.50. The van der Waals surface area contributed by atoms with Crippen LogP contribution in [0.1, 0.15) is 47.2 Å². The van der Waals surface area contributed by atoms with Gasteiger partial charge in [-0.25, -0.2) is 4.79 Å². The van der Waals surface area contributed by atoms with Gasteiger partial charge in [0.1, 0.15) is 5.75 Å². The van der Waals surface area contributed by atoms with E-state index >= 15 is 0 Å². The number of nitrogens with one attached hydrogen (secondary N) is 2. The first-order chi connectivity index (χ1) is 14.4. The van der Waals surface area contributed by atoms with Crippen LogP contribution in [0.5, 0.6) is 5.75 Å². The van der Waals surface area contributed by atoms with Gasteiger partial charge < -0.3 is 10.1 Å². The molecule has 0 bridgehead atoms. The zero-order valence-electron chi connectivity index (χ0n) is 16.6. The Morgan fingerprint density at radius 1 is 1.10 bits per heavy atom. The molecule has 0 unspecified atom stereocenters. The van der Waals surface area contributed by atoms with Crippen LogP contribution in [-0.2, 0) is 0 Å². The van der Waals surface area contributed by atoms with Crippen molar-refractivity contribution in [1.29, 1.82) is 0 Å². The molecule has 1 aliphatic rings. The van der Waals surface area contributed by atoms with Gasteiger partial charge in [-0.1, -0.05) is 37.6 Å². The number of hydrogen-bond donors (Lipinski definition) is 2. The Kier molecular flexibility index (Phi) is 6.46. The van der Waals surface area contributed by atoms with E-state index in [2.05, 4.69) is 17.2 Å². The van der Waals surface area contributed by atoms with E-state index in [0.717, 1.165) is 25.7 Å². The lowest BCUT2D eigenvalue weighted by molar-refractivity contribution is -0.384. The van der Waals surface area contributed by atoms with Gasteiger partial charge in [0.05, 0.1) is 12.0 Å². The zero-order valence-corrected chi connectivity index (χ0v) is 16.6. The normalized spacial score (nSPS) is 13.5. The summed E-state index contributed by atoms with van der Waals surface area (Å²) < 4.78 is 5.35. The standard InChI is InChI=1S/C22H23N3O5/c1-14(17-9-5-6-10-20(17)30-2)19-13-16(25(28)29)11-12-18(19)21(26)24-22(27)23-15-7-3-4-8-15/h5-6,9-13,15H,1,3-4,7-8H2,2H3,(H2,23,24,26,27). The van der Waals surface area contributed by atoms with E-state index in [9.17, 15) is 19.7 Å². The quantitative estimate of drug-likeness (QED) is 0.552. The number of para-hydroxylation sites is 1. The number of nitrogens with zero attached hydrogens (tertiary/aromatic N) is 1. The van der Waals surface area contributed by atoms with Crippen LogP contribution in [0.4, 0.5) is 10.5 Å². The first-order valence-corrected chi connectivity index (χ1v) is 9.63. The van der Waals surface area contributed by atoms with Crippen molar-refractivity contribution in [2.75, 3.05) is 7.11 Å². The van der Waals surface area contributed by atoms with E-state index in [4.69, 9.17) is 4.74 Å². The number of imide groups is 1. The minimum atomic E-state index is -0.661. The third-order valence-electron chi connectivity index (χ3n) is 5.13. The van der Waals surface area contributed by atoms with Gasteiger partial charge in [0, 0.05) is 34.9 Å². The molecule has 2 N–H and O–H groups in total. The van der Waals surface area contributed by atoms with E-state index in [-0.39, 0.29) is 22.9 Å². The van der Waals surface area contributed by atoms with Crippen LogP contribution in [0.2, 0.25) is 0 Å². The number of urea groups is 1. The lowest BCUT2D eigenvalue weighted by atomic mass is 9.93. The molecule has 3 rings (SSSR count). The summed E-state index contributed by atoms with van der Waals surface area (Å²) in [6.07, 6.45) is 3.86. The number of carbonyl (C=O) groups excluding carboxylic acids is 2. The van der Waals surface area contributed by atoms with Crippen molar-refractivity contribution in [2.45, 2.75) is 31.7 Å². The summed E-state index contributed by atoms with van der Waals surface area (Å²) in [5.74, 6) is -0.147. The van der Waals surface area contributed by atoms with Crippen LogP contribution in [0.25, 0.3) is 5.57 Å². The van der Waals surface area contributed by atoms with Crippen molar-refractivity contribution in [3.05, 3.63) is 75.8 Å². The molecule has 30 heavy (non-hydrogen) atoms. The molecule has 3 amide bonds. The summed E-state index contributed by atoms with van der Waals surface area (Å²) in [5.41, 5.74) is 1.13. The molecule has 0 aliphatic heterocycles. The molecule has 8 nitrogen and oxygen atoms in total.